The minimum absolute atomic E-state index is 0.0988. The third kappa shape index (κ3) is 4.46. The van der Waals surface area contributed by atoms with Crippen molar-refractivity contribution in [2.45, 2.75) is 18.9 Å². The van der Waals surface area contributed by atoms with Crippen LogP contribution in [-0.4, -0.2) is 30.7 Å². The van der Waals surface area contributed by atoms with E-state index in [1.54, 1.807) is 6.07 Å². The third-order valence-corrected chi connectivity index (χ3v) is 6.56. The number of phenols is 1. The molecule has 1 aliphatic heterocycles. The number of hydrogen-bond donors (Lipinski definition) is 1. The van der Waals surface area contributed by atoms with Crippen molar-refractivity contribution in [1.82, 2.24) is 4.98 Å². The molecule has 0 amide bonds. The summed E-state index contributed by atoms with van der Waals surface area (Å²) in [6.45, 7) is 0.814. The lowest BCUT2D eigenvalue weighted by atomic mass is 9.87. The van der Waals surface area contributed by atoms with Crippen molar-refractivity contribution in [3.63, 3.8) is 0 Å². The molecule has 34 heavy (non-hydrogen) atoms. The molecule has 0 fully saturated rings. The first kappa shape index (κ1) is 22.0. The Balaban J connectivity index is 1.43. The van der Waals surface area contributed by atoms with E-state index in [9.17, 15) is 9.50 Å². The zero-order chi connectivity index (χ0) is 23.7. The number of benzene rings is 3. The topological polar surface area (TPSA) is 39.6 Å². The van der Waals surface area contributed by atoms with E-state index in [1.807, 2.05) is 55.5 Å². The Morgan fingerprint density at radius 3 is 2.35 bits per heavy atom. The molecule has 4 nitrogen and oxygen atoms in total. The van der Waals surface area contributed by atoms with E-state index < -0.39 is 0 Å². The predicted molar refractivity (Wildman–Crippen MR) is 136 cm³/mol. The Labute approximate surface area is 199 Å². The molecule has 1 N–H and O–H groups in total. The van der Waals surface area contributed by atoms with Gasteiger partial charge in [-0.3, -0.25) is 0 Å². The molecule has 0 aliphatic carbocycles. The van der Waals surface area contributed by atoms with Crippen LogP contribution < -0.4 is 9.80 Å². The summed E-state index contributed by atoms with van der Waals surface area (Å²) in [5.41, 5.74) is 6.83. The van der Waals surface area contributed by atoms with Crippen molar-refractivity contribution in [2.24, 2.45) is 0 Å². The number of aromatic nitrogens is 1. The summed E-state index contributed by atoms with van der Waals surface area (Å²) in [7, 11) is 3.97. The van der Waals surface area contributed by atoms with Gasteiger partial charge in [-0.2, -0.15) is 0 Å². The molecular weight excluding hydrogens is 425 g/mol. The molecule has 5 rings (SSSR count). The summed E-state index contributed by atoms with van der Waals surface area (Å²) in [6, 6.07) is 25.2. The Kier molecular flexibility index (Phi) is 5.93. The van der Waals surface area contributed by atoms with Gasteiger partial charge in [-0.1, -0.05) is 30.3 Å². The maximum absolute atomic E-state index is 13.6. The summed E-state index contributed by atoms with van der Waals surface area (Å²) in [6.07, 6.45) is 3.56. The van der Waals surface area contributed by atoms with Gasteiger partial charge in [-0.15, -0.1) is 0 Å². The van der Waals surface area contributed by atoms with E-state index in [-0.39, 0.29) is 11.9 Å². The largest absolute Gasteiger partial charge is 0.508 e. The number of pyridine rings is 1. The predicted octanol–water partition coefficient (Wildman–Crippen LogP) is 6.01. The zero-order valence-corrected chi connectivity index (χ0v) is 19.4. The lowest BCUT2D eigenvalue weighted by Crippen LogP contribution is -2.36. The molecule has 2 heterocycles. The van der Waals surface area contributed by atoms with Crippen LogP contribution in [0.5, 0.6) is 5.75 Å². The van der Waals surface area contributed by atoms with Gasteiger partial charge in [0.15, 0.2) is 0 Å². The van der Waals surface area contributed by atoms with E-state index in [2.05, 4.69) is 40.2 Å². The van der Waals surface area contributed by atoms with Gasteiger partial charge in [-0.25, -0.2) is 9.37 Å². The SMILES string of the molecule is CN(C)c1ccc(-c2ccc(CC3c4ccc(O)cc4CCN3c3ccc(F)cc3)cc2)cn1. The summed E-state index contributed by atoms with van der Waals surface area (Å²) in [4.78, 5) is 8.86. The van der Waals surface area contributed by atoms with Crippen LogP contribution in [0.3, 0.4) is 0 Å². The van der Waals surface area contributed by atoms with Crippen molar-refractivity contribution < 1.29 is 9.50 Å². The van der Waals surface area contributed by atoms with Crippen LogP contribution in [0.15, 0.2) is 85.1 Å². The Morgan fingerprint density at radius 1 is 0.941 bits per heavy atom. The molecule has 0 spiro atoms. The summed E-state index contributed by atoms with van der Waals surface area (Å²) >= 11 is 0. The number of rotatable bonds is 5. The van der Waals surface area contributed by atoms with Crippen LogP contribution in [0.4, 0.5) is 15.9 Å². The number of halogens is 1. The normalized spacial score (nSPS) is 15.1. The molecule has 1 aromatic heterocycles. The van der Waals surface area contributed by atoms with E-state index in [0.717, 1.165) is 42.0 Å². The molecule has 3 aromatic carbocycles. The average molecular weight is 454 g/mol. The maximum Gasteiger partial charge on any atom is 0.127 e. The number of hydrogen-bond acceptors (Lipinski definition) is 4. The average Bonchev–Trinajstić information content (AvgIpc) is 2.85. The van der Waals surface area contributed by atoms with E-state index in [1.165, 1.54) is 28.8 Å². The maximum atomic E-state index is 13.6. The van der Waals surface area contributed by atoms with Gasteiger partial charge in [0, 0.05) is 38.1 Å². The highest BCUT2D eigenvalue weighted by molar-refractivity contribution is 5.64. The molecule has 0 bridgehead atoms. The fourth-order valence-corrected chi connectivity index (χ4v) is 4.74. The quantitative estimate of drug-likeness (QED) is 0.402. The molecule has 1 aliphatic rings. The third-order valence-electron chi connectivity index (χ3n) is 6.56. The fraction of sp³-hybridized carbons (Fsp3) is 0.207. The molecule has 5 heteroatoms. The zero-order valence-electron chi connectivity index (χ0n) is 19.4. The smallest absolute Gasteiger partial charge is 0.127 e. The molecular formula is C29H28FN3O. The van der Waals surface area contributed by atoms with Crippen LogP contribution in [0.1, 0.15) is 22.7 Å². The highest BCUT2D eigenvalue weighted by Crippen LogP contribution is 2.37. The van der Waals surface area contributed by atoms with Gasteiger partial charge in [0.25, 0.3) is 0 Å². The van der Waals surface area contributed by atoms with Crippen molar-refractivity contribution >= 4 is 11.5 Å². The second kappa shape index (κ2) is 9.18. The summed E-state index contributed by atoms with van der Waals surface area (Å²) in [5.74, 6) is 1.00. The van der Waals surface area contributed by atoms with E-state index in [0.29, 0.717) is 5.75 Å². The molecule has 1 atom stereocenters. The summed E-state index contributed by atoms with van der Waals surface area (Å²) in [5, 5.41) is 10.0. The molecule has 4 aromatic rings. The van der Waals surface area contributed by atoms with Gasteiger partial charge in [0.2, 0.25) is 0 Å². The minimum atomic E-state index is -0.230. The first-order valence-corrected chi connectivity index (χ1v) is 11.5. The standard InChI is InChI=1S/C29H28FN3O/c1-32(2)29-14-7-23(19-31-29)21-5-3-20(4-6-21)17-28-27-13-12-26(34)18-22(27)15-16-33(28)25-10-8-24(30)9-11-25/h3-14,18-19,28,34H,15-17H2,1-2H3. The van der Waals surface area contributed by atoms with Gasteiger partial charge in [0.1, 0.15) is 17.4 Å². The van der Waals surface area contributed by atoms with Crippen molar-refractivity contribution in [3.8, 4) is 16.9 Å². The van der Waals surface area contributed by atoms with Gasteiger partial charge < -0.3 is 14.9 Å². The lowest BCUT2D eigenvalue weighted by molar-refractivity contribution is 0.472. The molecule has 0 saturated carbocycles. The molecule has 172 valence electrons. The lowest BCUT2D eigenvalue weighted by Gasteiger charge is -2.39. The number of phenolic OH excluding ortho intramolecular Hbond substituents is 1. The van der Waals surface area contributed by atoms with Crippen molar-refractivity contribution in [3.05, 3.63) is 108 Å². The van der Waals surface area contributed by atoms with Crippen LogP contribution in [-0.2, 0) is 12.8 Å². The molecule has 1 unspecified atom stereocenters. The van der Waals surface area contributed by atoms with Crippen LogP contribution in [0, 0.1) is 5.82 Å². The highest BCUT2D eigenvalue weighted by Gasteiger charge is 2.28. The monoisotopic (exact) mass is 453 g/mol. The first-order valence-electron chi connectivity index (χ1n) is 11.5. The van der Waals surface area contributed by atoms with Gasteiger partial charge in [0.05, 0.1) is 6.04 Å². The Morgan fingerprint density at radius 2 is 1.68 bits per heavy atom. The van der Waals surface area contributed by atoms with E-state index >= 15 is 0 Å². The minimum Gasteiger partial charge on any atom is -0.508 e. The van der Waals surface area contributed by atoms with Crippen LogP contribution in [0.25, 0.3) is 11.1 Å². The second-order valence-corrected chi connectivity index (χ2v) is 9.02. The second-order valence-electron chi connectivity index (χ2n) is 9.02. The highest BCUT2D eigenvalue weighted by atomic mass is 19.1. The van der Waals surface area contributed by atoms with Crippen LogP contribution >= 0.6 is 0 Å². The Hall–Kier alpha value is -3.86. The first-order chi connectivity index (χ1) is 16.5. The number of aromatic hydroxyl groups is 1. The molecule has 0 saturated heterocycles. The molecule has 0 radical (unpaired) electrons. The number of fused-ring (bicyclic) bond motifs is 1. The van der Waals surface area contributed by atoms with E-state index in [4.69, 9.17) is 0 Å². The van der Waals surface area contributed by atoms with Gasteiger partial charge >= 0.3 is 0 Å². The fourth-order valence-electron chi connectivity index (χ4n) is 4.74. The van der Waals surface area contributed by atoms with Gasteiger partial charge in [-0.05, 0) is 83.6 Å². The summed E-state index contributed by atoms with van der Waals surface area (Å²) < 4.78 is 13.6. The van der Waals surface area contributed by atoms with Crippen molar-refractivity contribution in [2.75, 3.05) is 30.4 Å². The van der Waals surface area contributed by atoms with Crippen molar-refractivity contribution in [1.29, 1.82) is 0 Å². The number of nitrogens with zero attached hydrogens (tertiary/aromatic N) is 3. The number of anilines is 2. The van der Waals surface area contributed by atoms with Crippen LogP contribution in [0.2, 0.25) is 0 Å². The Bertz CT molecular complexity index is 1270.